The van der Waals surface area contributed by atoms with Crippen molar-refractivity contribution < 1.29 is 5.11 Å². The Morgan fingerprint density at radius 3 is 2.59 bits per heavy atom. The Bertz CT molecular complexity index is 325. The molecule has 1 aliphatic rings. The van der Waals surface area contributed by atoms with Crippen molar-refractivity contribution in [2.24, 2.45) is 5.92 Å². The molecule has 2 heteroatoms. The Balaban J connectivity index is 1.82. The van der Waals surface area contributed by atoms with Crippen LogP contribution in [0.2, 0.25) is 0 Å². The maximum atomic E-state index is 9.96. The Morgan fingerprint density at radius 1 is 1.18 bits per heavy atom. The number of rotatable bonds is 4. The summed E-state index contributed by atoms with van der Waals surface area (Å²) >= 11 is 0. The Morgan fingerprint density at radius 2 is 1.88 bits per heavy atom. The zero-order chi connectivity index (χ0) is 12.1. The summed E-state index contributed by atoms with van der Waals surface area (Å²) in [4.78, 5) is 2.33. The van der Waals surface area contributed by atoms with Gasteiger partial charge >= 0.3 is 0 Å². The highest BCUT2D eigenvalue weighted by Gasteiger charge is 2.23. The SMILES string of the molecule is CN(Cc1ccccc1)CC1CCCCC1O. The molecule has 0 aliphatic heterocycles. The maximum Gasteiger partial charge on any atom is 0.0580 e. The average molecular weight is 233 g/mol. The number of hydrogen-bond donors (Lipinski definition) is 1. The van der Waals surface area contributed by atoms with E-state index in [0.29, 0.717) is 5.92 Å². The zero-order valence-corrected chi connectivity index (χ0v) is 10.7. The van der Waals surface area contributed by atoms with Gasteiger partial charge in [-0.3, -0.25) is 0 Å². The molecular formula is C15H23NO. The van der Waals surface area contributed by atoms with Crippen LogP contribution >= 0.6 is 0 Å². The van der Waals surface area contributed by atoms with Crippen molar-refractivity contribution in [1.82, 2.24) is 4.90 Å². The highest BCUT2D eigenvalue weighted by molar-refractivity contribution is 5.14. The van der Waals surface area contributed by atoms with E-state index in [4.69, 9.17) is 0 Å². The summed E-state index contributed by atoms with van der Waals surface area (Å²) in [5.41, 5.74) is 1.35. The van der Waals surface area contributed by atoms with Gasteiger partial charge in [-0.05, 0) is 31.4 Å². The lowest BCUT2D eigenvalue weighted by atomic mass is 9.86. The molecule has 1 fully saturated rings. The van der Waals surface area contributed by atoms with Gasteiger partial charge in [0.25, 0.3) is 0 Å². The third kappa shape index (κ3) is 3.83. The molecule has 0 aromatic heterocycles. The van der Waals surface area contributed by atoms with E-state index in [1.165, 1.54) is 24.8 Å². The fourth-order valence-electron chi connectivity index (χ4n) is 2.76. The largest absolute Gasteiger partial charge is 0.393 e. The van der Waals surface area contributed by atoms with Gasteiger partial charge in [0.2, 0.25) is 0 Å². The second-order valence-electron chi connectivity index (χ2n) is 5.29. The first kappa shape index (κ1) is 12.6. The monoisotopic (exact) mass is 233 g/mol. The smallest absolute Gasteiger partial charge is 0.0580 e. The molecule has 2 atom stereocenters. The van der Waals surface area contributed by atoms with E-state index in [1.807, 2.05) is 6.07 Å². The standard InChI is InChI=1S/C15H23NO/c1-16(11-13-7-3-2-4-8-13)12-14-9-5-6-10-15(14)17/h2-4,7-8,14-15,17H,5-6,9-12H2,1H3. The summed E-state index contributed by atoms with van der Waals surface area (Å²) in [6.07, 6.45) is 4.56. The van der Waals surface area contributed by atoms with Crippen LogP contribution in [0.15, 0.2) is 30.3 Å². The molecule has 1 aromatic carbocycles. The van der Waals surface area contributed by atoms with Crippen molar-refractivity contribution in [1.29, 1.82) is 0 Å². The van der Waals surface area contributed by atoms with Gasteiger partial charge < -0.3 is 10.0 Å². The van der Waals surface area contributed by atoms with Gasteiger partial charge in [-0.2, -0.15) is 0 Å². The Labute approximate surface area is 104 Å². The molecule has 17 heavy (non-hydrogen) atoms. The molecule has 0 amide bonds. The van der Waals surface area contributed by atoms with Crippen molar-refractivity contribution in [3.05, 3.63) is 35.9 Å². The van der Waals surface area contributed by atoms with E-state index < -0.39 is 0 Å². The second kappa shape index (κ2) is 6.18. The molecule has 0 spiro atoms. The van der Waals surface area contributed by atoms with Gasteiger partial charge in [0.1, 0.15) is 0 Å². The normalized spacial score (nSPS) is 25.1. The molecule has 1 saturated carbocycles. The molecule has 0 bridgehead atoms. The van der Waals surface area contributed by atoms with Crippen LogP contribution in [0.5, 0.6) is 0 Å². The van der Waals surface area contributed by atoms with Gasteiger partial charge in [-0.15, -0.1) is 0 Å². The first-order valence-electron chi connectivity index (χ1n) is 6.66. The Kier molecular flexibility index (Phi) is 4.57. The van der Waals surface area contributed by atoms with Crippen LogP contribution in [-0.2, 0) is 6.54 Å². The summed E-state index contributed by atoms with van der Waals surface area (Å²) < 4.78 is 0. The van der Waals surface area contributed by atoms with E-state index in [0.717, 1.165) is 19.5 Å². The minimum Gasteiger partial charge on any atom is -0.393 e. The number of benzene rings is 1. The van der Waals surface area contributed by atoms with Gasteiger partial charge in [0.05, 0.1) is 6.10 Å². The molecular weight excluding hydrogens is 210 g/mol. The number of nitrogens with zero attached hydrogens (tertiary/aromatic N) is 1. The van der Waals surface area contributed by atoms with Crippen molar-refractivity contribution in [2.45, 2.75) is 38.3 Å². The average Bonchev–Trinajstić information content (AvgIpc) is 2.33. The van der Waals surface area contributed by atoms with Gasteiger partial charge in [-0.25, -0.2) is 0 Å². The Hall–Kier alpha value is -0.860. The molecule has 1 N–H and O–H groups in total. The molecule has 0 radical (unpaired) electrons. The summed E-state index contributed by atoms with van der Waals surface area (Å²) in [6, 6.07) is 10.5. The van der Waals surface area contributed by atoms with E-state index in [2.05, 4.69) is 36.2 Å². The summed E-state index contributed by atoms with van der Waals surface area (Å²) in [5.74, 6) is 0.470. The lowest BCUT2D eigenvalue weighted by Crippen LogP contribution is -2.34. The van der Waals surface area contributed by atoms with Gasteiger partial charge in [0, 0.05) is 13.1 Å². The molecule has 94 valence electrons. The molecule has 1 aromatic rings. The fraction of sp³-hybridized carbons (Fsp3) is 0.600. The number of hydrogen-bond acceptors (Lipinski definition) is 2. The van der Waals surface area contributed by atoms with E-state index in [9.17, 15) is 5.11 Å². The van der Waals surface area contributed by atoms with E-state index in [1.54, 1.807) is 0 Å². The van der Waals surface area contributed by atoms with E-state index >= 15 is 0 Å². The fourth-order valence-corrected chi connectivity index (χ4v) is 2.76. The van der Waals surface area contributed by atoms with Gasteiger partial charge in [-0.1, -0.05) is 43.2 Å². The summed E-state index contributed by atoms with van der Waals surface area (Å²) in [5, 5.41) is 9.96. The minimum atomic E-state index is -0.0815. The summed E-state index contributed by atoms with van der Waals surface area (Å²) in [7, 11) is 2.15. The van der Waals surface area contributed by atoms with Crippen LogP contribution < -0.4 is 0 Å². The van der Waals surface area contributed by atoms with Crippen molar-refractivity contribution in [2.75, 3.05) is 13.6 Å². The molecule has 2 nitrogen and oxygen atoms in total. The third-order valence-corrected chi connectivity index (χ3v) is 3.71. The minimum absolute atomic E-state index is 0.0815. The predicted octanol–water partition coefficient (Wildman–Crippen LogP) is 2.67. The lowest BCUT2D eigenvalue weighted by molar-refractivity contribution is 0.0502. The molecule has 0 saturated heterocycles. The molecule has 2 rings (SSSR count). The quantitative estimate of drug-likeness (QED) is 0.864. The predicted molar refractivity (Wildman–Crippen MR) is 70.7 cm³/mol. The molecule has 1 aliphatic carbocycles. The maximum absolute atomic E-state index is 9.96. The number of aliphatic hydroxyl groups is 1. The van der Waals surface area contributed by atoms with Crippen molar-refractivity contribution in [3.8, 4) is 0 Å². The van der Waals surface area contributed by atoms with Gasteiger partial charge in [0.15, 0.2) is 0 Å². The first-order chi connectivity index (χ1) is 8.25. The molecule has 2 unspecified atom stereocenters. The molecule has 0 heterocycles. The van der Waals surface area contributed by atoms with Crippen LogP contribution in [-0.4, -0.2) is 29.7 Å². The van der Waals surface area contributed by atoms with Crippen LogP contribution in [0.1, 0.15) is 31.2 Å². The summed E-state index contributed by atoms with van der Waals surface area (Å²) in [6.45, 7) is 1.99. The van der Waals surface area contributed by atoms with Crippen LogP contribution in [0.25, 0.3) is 0 Å². The third-order valence-electron chi connectivity index (χ3n) is 3.71. The van der Waals surface area contributed by atoms with Crippen molar-refractivity contribution in [3.63, 3.8) is 0 Å². The highest BCUT2D eigenvalue weighted by atomic mass is 16.3. The second-order valence-corrected chi connectivity index (χ2v) is 5.29. The topological polar surface area (TPSA) is 23.5 Å². The van der Waals surface area contributed by atoms with E-state index in [-0.39, 0.29) is 6.10 Å². The highest BCUT2D eigenvalue weighted by Crippen LogP contribution is 2.25. The van der Waals surface area contributed by atoms with Crippen LogP contribution in [0.3, 0.4) is 0 Å². The van der Waals surface area contributed by atoms with Crippen LogP contribution in [0.4, 0.5) is 0 Å². The zero-order valence-electron chi connectivity index (χ0n) is 10.7. The van der Waals surface area contributed by atoms with Crippen LogP contribution in [0, 0.1) is 5.92 Å². The lowest BCUT2D eigenvalue weighted by Gasteiger charge is -2.31. The van der Waals surface area contributed by atoms with Crippen molar-refractivity contribution >= 4 is 0 Å². The first-order valence-corrected chi connectivity index (χ1v) is 6.66. The number of aliphatic hydroxyl groups excluding tert-OH is 1.